The zero-order chi connectivity index (χ0) is 20.5. The highest BCUT2D eigenvalue weighted by atomic mass is 16.4. The average molecular weight is 394 g/mol. The topological polar surface area (TPSA) is 120 Å². The van der Waals surface area contributed by atoms with E-state index >= 15 is 0 Å². The van der Waals surface area contributed by atoms with Gasteiger partial charge in [0.15, 0.2) is 5.76 Å². The number of nitrogens with one attached hydrogen (secondary N) is 1. The molecule has 8 heteroatoms. The molecule has 1 aromatic heterocycles. The number of hydrogen-bond acceptors (Lipinski definition) is 5. The lowest BCUT2D eigenvalue weighted by molar-refractivity contribution is -0.142. The third-order valence-electron chi connectivity index (χ3n) is 5.55. The molecule has 1 aromatic rings. The minimum Gasteiger partial charge on any atom is -0.483 e. The molecule has 1 aliphatic heterocycles. The van der Waals surface area contributed by atoms with Gasteiger partial charge in [0.25, 0.3) is 12.4 Å². The highest BCUT2D eigenvalue weighted by Gasteiger charge is 2.27. The van der Waals surface area contributed by atoms with Gasteiger partial charge in [-0.2, -0.15) is 0 Å². The molecule has 3 rings (SSSR count). The molecule has 0 unspecified atom stereocenters. The second-order valence-corrected chi connectivity index (χ2v) is 7.69. The summed E-state index contributed by atoms with van der Waals surface area (Å²) in [7, 11) is 0. The number of carboxylic acids is 1. The predicted octanol–water partition coefficient (Wildman–Crippen LogP) is 2.59. The highest BCUT2D eigenvalue weighted by molar-refractivity contribution is 5.91. The van der Waals surface area contributed by atoms with Crippen molar-refractivity contribution in [1.29, 1.82) is 0 Å². The zero-order valence-electron chi connectivity index (χ0n) is 16.3. The third-order valence-corrected chi connectivity index (χ3v) is 5.55. The minimum absolute atomic E-state index is 0.0419. The first-order valence-corrected chi connectivity index (χ1v) is 9.85. The van der Waals surface area contributed by atoms with Crippen molar-refractivity contribution in [1.82, 2.24) is 10.2 Å². The first kappa shape index (κ1) is 21.9. The van der Waals surface area contributed by atoms with Crippen LogP contribution in [0.25, 0.3) is 0 Å². The number of furan rings is 1. The fourth-order valence-corrected chi connectivity index (χ4v) is 3.77. The Labute approximate surface area is 164 Å². The Morgan fingerprint density at radius 2 is 1.79 bits per heavy atom. The van der Waals surface area contributed by atoms with Crippen molar-refractivity contribution >= 4 is 18.3 Å². The molecule has 2 aliphatic rings. The van der Waals surface area contributed by atoms with Gasteiger partial charge in [0.1, 0.15) is 5.76 Å². The molecule has 1 saturated carbocycles. The number of likely N-dealkylation sites (tertiary alicyclic amines) is 1. The van der Waals surface area contributed by atoms with E-state index in [1.807, 2.05) is 6.07 Å². The van der Waals surface area contributed by atoms with Crippen molar-refractivity contribution in [2.75, 3.05) is 13.1 Å². The number of carbonyl (C=O) groups is 3. The van der Waals surface area contributed by atoms with Crippen LogP contribution in [0.4, 0.5) is 0 Å². The molecule has 8 nitrogen and oxygen atoms in total. The van der Waals surface area contributed by atoms with Crippen LogP contribution in [-0.2, 0) is 16.1 Å². The Morgan fingerprint density at radius 1 is 1.18 bits per heavy atom. The van der Waals surface area contributed by atoms with Crippen LogP contribution in [-0.4, -0.2) is 52.6 Å². The van der Waals surface area contributed by atoms with Gasteiger partial charge in [-0.05, 0) is 69.7 Å². The van der Waals surface area contributed by atoms with Gasteiger partial charge >= 0.3 is 5.97 Å². The summed E-state index contributed by atoms with van der Waals surface area (Å²) >= 11 is 0. The molecule has 0 atom stereocenters. The number of aliphatic carboxylic acids is 1. The monoisotopic (exact) mass is 394 g/mol. The number of piperidine rings is 1. The van der Waals surface area contributed by atoms with Gasteiger partial charge in [0, 0.05) is 6.04 Å². The number of carbonyl (C=O) groups excluding carboxylic acids is 1. The van der Waals surface area contributed by atoms with Crippen molar-refractivity contribution in [3.05, 3.63) is 23.7 Å². The largest absolute Gasteiger partial charge is 0.483 e. The summed E-state index contributed by atoms with van der Waals surface area (Å²) in [6.07, 6.45) is 5.10. The summed E-state index contributed by atoms with van der Waals surface area (Å²) in [6, 6.07) is 3.66. The van der Waals surface area contributed by atoms with Gasteiger partial charge in [-0.15, -0.1) is 0 Å². The van der Waals surface area contributed by atoms with E-state index in [1.165, 1.54) is 12.8 Å². The Morgan fingerprint density at radius 3 is 2.36 bits per heavy atom. The van der Waals surface area contributed by atoms with Crippen LogP contribution in [0.1, 0.15) is 61.8 Å². The quantitative estimate of drug-likeness (QED) is 0.657. The molecule has 0 radical (unpaired) electrons. The van der Waals surface area contributed by atoms with Crippen molar-refractivity contribution in [2.24, 2.45) is 11.8 Å². The molecule has 1 aliphatic carbocycles. The van der Waals surface area contributed by atoms with E-state index in [9.17, 15) is 9.59 Å². The minimum atomic E-state index is -0.729. The lowest BCUT2D eigenvalue weighted by Crippen LogP contribution is -2.38. The second kappa shape index (κ2) is 10.8. The Bertz CT molecular complexity index is 643. The number of nitrogens with zero attached hydrogens (tertiary/aromatic N) is 1. The van der Waals surface area contributed by atoms with Crippen molar-refractivity contribution in [3.63, 3.8) is 0 Å². The van der Waals surface area contributed by atoms with E-state index < -0.39 is 5.97 Å². The first-order chi connectivity index (χ1) is 13.4. The van der Waals surface area contributed by atoms with Crippen molar-refractivity contribution in [3.8, 4) is 0 Å². The maximum atomic E-state index is 12.3. The second-order valence-electron chi connectivity index (χ2n) is 7.69. The fourth-order valence-electron chi connectivity index (χ4n) is 3.77. The first-order valence-electron chi connectivity index (χ1n) is 9.85. The maximum absolute atomic E-state index is 12.3. The van der Waals surface area contributed by atoms with Crippen LogP contribution in [0.15, 0.2) is 16.5 Å². The molecule has 0 spiro atoms. The summed E-state index contributed by atoms with van der Waals surface area (Å²) in [4.78, 5) is 34.1. The van der Waals surface area contributed by atoms with Crippen LogP contribution in [0, 0.1) is 11.8 Å². The molecule has 2 heterocycles. The third kappa shape index (κ3) is 6.67. The van der Waals surface area contributed by atoms with Crippen LogP contribution >= 0.6 is 0 Å². The summed E-state index contributed by atoms with van der Waals surface area (Å²) in [5.41, 5.74) is 0. The predicted molar refractivity (Wildman–Crippen MR) is 102 cm³/mol. The Hall–Kier alpha value is -2.35. The molecular formula is C20H30N2O6. The summed E-state index contributed by atoms with van der Waals surface area (Å²) in [5.74, 6) is 0.779. The summed E-state index contributed by atoms with van der Waals surface area (Å²) in [6.45, 7) is 4.95. The molecule has 0 bridgehead atoms. The molecular weight excluding hydrogens is 364 g/mol. The number of rotatable bonds is 5. The van der Waals surface area contributed by atoms with Crippen LogP contribution in [0.5, 0.6) is 0 Å². The van der Waals surface area contributed by atoms with Gasteiger partial charge in [0.05, 0.1) is 12.5 Å². The Balaban J connectivity index is 0.000000878. The van der Waals surface area contributed by atoms with Crippen LogP contribution in [0.2, 0.25) is 0 Å². The van der Waals surface area contributed by atoms with Crippen LogP contribution in [0.3, 0.4) is 0 Å². The van der Waals surface area contributed by atoms with E-state index in [2.05, 4.69) is 17.1 Å². The van der Waals surface area contributed by atoms with E-state index in [0.29, 0.717) is 31.4 Å². The SMILES string of the molecule is CC1CCN(Cc2ccc(C(=O)NC3CCC(C(=O)O)CC3)o2)CC1.O=CO. The lowest BCUT2D eigenvalue weighted by Gasteiger charge is -2.29. The normalized spacial score (nSPS) is 23.3. The number of amides is 1. The molecule has 3 N–H and O–H groups in total. The average Bonchev–Trinajstić information content (AvgIpc) is 3.13. The van der Waals surface area contributed by atoms with Gasteiger partial charge in [-0.3, -0.25) is 19.3 Å². The summed E-state index contributed by atoms with van der Waals surface area (Å²) < 4.78 is 5.73. The van der Waals surface area contributed by atoms with E-state index in [4.69, 9.17) is 19.4 Å². The van der Waals surface area contributed by atoms with E-state index in [1.54, 1.807) is 6.07 Å². The van der Waals surface area contributed by atoms with E-state index in [0.717, 1.165) is 31.3 Å². The molecule has 28 heavy (non-hydrogen) atoms. The molecule has 2 fully saturated rings. The van der Waals surface area contributed by atoms with E-state index in [-0.39, 0.29) is 24.3 Å². The van der Waals surface area contributed by atoms with Gasteiger partial charge in [-0.25, -0.2) is 0 Å². The number of hydrogen-bond donors (Lipinski definition) is 3. The molecule has 0 aromatic carbocycles. The Kier molecular flexibility index (Phi) is 8.50. The van der Waals surface area contributed by atoms with Crippen molar-refractivity contribution < 1.29 is 29.0 Å². The van der Waals surface area contributed by atoms with Crippen molar-refractivity contribution in [2.45, 2.75) is 58.0 Å². The molecule has 1 amide bonds. The summed E-state index contributed by atoms with van der Waals surface area (Å²) in [5, 5.41) is 18.9. The fraction of sp³-hybridized carbons (Fsp3) is 0.650. The standard InChI is InChI=1S/C19H28N2O4.CH2O2/c1-13-8-10-21(11-9-13)12-16-6-7-17(25-16)18(22)20-15-4-2-14(3-5-15)19(23)24;2-1-3/h6-7,13-15H,2-5,8-12H2,1H3,(H,20,22)(H,23,24);1H,(H,2,3). The molecule has 156 valence electrons. The van der Waals surface area contributed by atoms with Gasteiger partial charge in [-0.1, -0.05) is 6.92 Å². The van der Waals surface area contributed by atoms with Gasteiger partial charge < -0.3 is 19.9 Å². The maximum Gasteiger partial charge on any atom is 0.306 e. The zero-order valence-corrected chi connectivity index (χ0v) is 16.3. The van der Waals surface area contributed by atoms with Gasteiger partial charge in [0.2, 0.25) is 0 Å². The number of carboxylic acid groups (broad SMARTS) is 2. The molecule has 1 saturated heterocycles. The lowest BCUT2D eigenvalue weighted by atomic mass is 9.86. The van der Waals surface area contributed by atoms with Crippen LogP contribution < -0.4 is 5.32 Å². The highest BCUT2D eigenvalue weighted by Crippen LogP contribution is 2.25. The smallest absolute Gasteiger partial charge is 0.306 e.